The normalized spacial score (nSPS) is 10.8. The van der Waals surface area contributed by atoms with E-state index in [0.29, 0.717) is 31.7 Å². The van der Waals surface area contributed by atoms with Crippen molar-refractivity contribution in [1.82, 2.24) is 0 Å². The minimum absolute atomic E-state index is 0.0376. The highest BCUT2D eigenvalue weighted by Gasteiger charge is 2.18. The third-order valence-corrected chi connectivity index (χ3v) is 5.92. The molecule has 0 radical (unpaired) electrons. The van der Waals surface area contributed by atoms with Crippen molar-refractivity contribution >= 4 is 61.5 Å². The summed E-state index contributed by atoms with van der Waals surface area (Å²) in [7, 11) is 0. The van der Waals surface area contributed by atoms with Crippen molar-refractivity contribution in [3.05, 3.63) is 92.4 Å². The molecule has 0 saturated carbocycles. The number of nitrogens with one attached hydrogen (secondary N) is 1. The zero-order valence-electron chi connectivity index (χ0n) is 16.2. The number of phenols is 1. The fraction of sp³-hybridized carbons (Fsp3) is 0.0417. The smallest absolute Gasteiger partial charge is 0.259 e. The molecule has 0 saturated heterocycles. The summed E-state index contributed by atoms with van der Waals surface area (Å²) < 4.78 is 6.40. The summed E-state index contributed by atoms with van der Waals surface area (Å²) >= 11 is 15.8. The second-order valence-corrected chi connectivity index (χ2v) is 8.61. The van der Waals surface area contributed by atoms with Gasteiger partial charge in [0.25, 0.3) is 5.91 Å². The lowest BCUT2D eigenvalue weighted by molar-refractivity contribution is 0.102. The van der Waals surface area contributed by atoms with Gasteiger partial charge in [-0.05, 0) is 64.1 Å². The summed E-state index contributed by atoms with van der Waals surface area (Å²) in [6.07, 6.45) is 0. The number of fused-ring (bicyclic) bond motifs is 1. The molecule has 0 aliphatic carbocycles. The van der Waals surface area contributed by atoms with Crippen LogP contribution in [0.5, 0.6) is 17.2 Å². The molecule has 0 fully saturated rings. The average Bonchev–Trinajstić information content (AvgIpc) is 2.74. The van der Waals surface area contributed by atoms with Gasteiger partial charge in [-0.2, -0.15) is 0 Å². The van der Waals surface area contributed by atoms with E-state index in [9.17, 15) is 9.90 Å². The summed E-state index contributed by atoms with van der Waals surface area (Å²) in [5, 5.41) is 15.7. The monoisotopic (exact) mass is 515 g/mol. The minimum atomic E-state index is -0.527. The maximum Gasteiger partial charge on any atom is 0.259 e. The third-order valence-electron chi connectivity index (χ3n) is 4.70. The molecule has 0 unspecified atom stereocenters. The van der Waals surface area contributed by atoms with Gasteiger partial charge in [0.05, 0.1) is 20.7 Å². The van der Waals surface area contributed by atoms with Crippen LogP contribution in [0, 0.1) is 6.92 Å². The van der Waals surface area contributed by atoms with Crippen molar-refractivity contribution in [3.8, 4) is 17.2 Å². The first-order valence-corrected chi connectivity index (χ1v) is 10.8. The fourth-order valence-electron chi connectivity index (χ4n) is 3.17. The Labute approximate surface area is 197 Å². The van der Waals surface area contributed by atoms with E-state index in [2.05, 4.69) is 21.2 Å². The summed E-state index contributed by atoms with van der Waals surface area (Å²) in [4.78, 5) is 12.9. The number of aromatic hydroxyl groups is 1. The van der Waals surface area contributed by atoms with Gasteiger partial charge >= 0.3 is 0 Å². The van der Waals surface area contributed by atoms with Crippen LogP contribution in [0.2, 0.25) is 10.0 Å². The van der Waals surface area contributed by atoms with E-state index >= 15 is 0 Å². The fourth-order valence-corrected chi connectivity index (χ4v) is 4.25. The summed E-state index contributed by atoms with van der Waals surface area (Å²) in [5.74, 6) is 0.153. The second kappa shape index (κ2) is 8.79. The molecule has 156 valence electrons. The van der Waals surface area contributed by atoms with Crippen LogP contribution in [0.25, 0.3) is 10.8 Å². The van der Waals surface area contributed by atoms with E-state index in [0.717, 1.165) is 16.3 Å². The topological polar surface area (TPSA) is 58.6 Å². The molecule has 0 bridgehead atoms. The number of carbonyl (C=O) groups excluding carboxylic acids is 1. The van der Waals surface area contributed by atoms with Crippen LogP contribution in [0.15, 0.2) is 71.2 Å². The first-order chi connectivity index (χ1) is 14.8. The number of phenolic OH excluding ortho intramolecular Hbond substituents is 1. The Morgan fingerprint density at radius 1 is 1.00 bits per heavy atom. The summed E-state index contributed by atoms with van der Waals surface area (Å²) in [5.41, 5.74) is 1.39. The molecule has 2 N–H and O–H groups in total. The van der Waals surface area contributed by atoms with E-state index in [4.69, 9.17) is 27.9 Å². The molecule has 0 aliphatic heterocycles. The molecule has 31 heavy (non-hydrogen) atoms. The third kappa shape index (κ3) is 4.49. The number of aryl methyl sites for hydroxylation is 1. The molecular weight excluding hydrogens is 501 g/mol. The van der Waals surface area contributed by atoms with Gasteiger partial charge in [-0.3, -0.25) is 4.79 Å². The van der Waals surface area contributed by atoms with Crippen LogP contribution in [-0.4, -0.2) is 11.0 Å². The molecule has 4 aromatic rings. The largest absolute Gasteiger partial charge is 0.506 e. The molecular formula is C24H16BrCl2NO3. The first kappa shape index (κ1) is 21.5. The van der Waals surface area contributed by atoms with Crippen molar-refractivity contribution < 1.29 is 14.6 Å². The maximum absolute atomic E-state index is 12.9. The summed E-state index contributed by atoms with van der Waals surface area (Å²) in [6, 6.07) is 19.8. The Morgan fingerprint density at radius 2 is 1.74 bits per heavy atom. The van der Waals surface area contributed by atoms with Crippen LogP contribution >= 0.6 is 39.1 Å². The Bertz CT molecular complexity index is 1320. The van der Waals surface area contributed by atoms with Gasteiger partial charge < -0.3 is 15.2 Å². The predicted molar refractivity (Wildman–Crippen MR) is 129 cm³/mol. The van der Waals surface area contributed by atoms with Gasteiger partial charge in [-0.25, -0.2) is 0 Å². The molecule has 4 nitrogen and oxygen atoms in total. The lowest BCUT2D eigenvalue weighted by Crippen LogP contribution is -2.13. The minimum Gasteiger partial charge on any atom is -0.506 e. The van der Waals surface area contributed by atoms with Gasteiger partial charge in [-0.15, -0.1) is 0 Å². The maximum atomic E-state index is 12.9. The Kier molecular flexibility index (Phi) is 6.10. The first-order valence-electron chi connectivity index (χ1n) is 9.28. The van der Waals surface area contributed by atoms with E-state index in [1.807, 2.05) is 43.3 Å². The van der Waals surface area contributed by atoms with Crippen LogP contribution < -0.4 is 10.1 Å². The zero-order chi connectivity index (χ0) is 22.1. The standard InChI is InChI=1S/C24H16BrCl2NO3/c1-13-6-8-20(31-21-9-7-14-4-2-3-5-16(14)22(21)27)19(10-13)28-24(30)17-11-15(26)12-18(25)23(17)29/h2-12,29H,1H3,(H,28,30). The molecule has 7 heteroatoms. The molecule has 0 aliphatic rings. The quantitative estimate of drug-likeness (QED) is 0.289. The zero-order valence-corrected chi connectivity index (χ0v) is 19.3. The van der Waals surface area contributed by atoms with Gasteiger partial charge in [0.2, 0.25) is 0 Å². The van der Waals surface area contributed by atoms with Crippen LogP contribution in [0.3, 0.4) is 0 Å². The number of rotatable bonds is 4. The molecule has 4 aromatic carbocycles. The van der Waals surface area contributed by atoms with E-state index in [1.54, 1.807) is 18.2 Å². The molecule has 1 amide bonds. The highest BCUT2D eigenvalue weighted by molar-refractivity contribution is 9.10. The number of anilines is 1. The average molecular weight is 517 g/mol. The number of carbonyl (C=O) groups is 1. The van der Waals surface area contributed by atoms with E-state index in [-0.39, 0.29) is 11.3 Å². The van der Waals surface area contributed by atoms with Crippen molar-refractivity contribution in [3.63, 3.8) is 0 Å². The lowest BCUT2D eigenvalue weighted by atomic mass is 10.1. The lowest BCUT2D eigenvalue weighted by Gasteiger charge is -2.15. The molecule has 0 aromatic heterocycles. The molecule has 4 rings (SSSR count). The Hall–Kier alpha value is -2.73. The highest BCUT2D eigenvalue weighted by Crippen LogP contribution is 2.39. The second-order valence-electron chi connectivity index (χ2n) is 6.94. The SMILES string of the molecule is Cc1ccc(Oc2ccc3ccccc3c2Cl)c(NC(=O)c2cc(Cl)cc(Br)c2O)c1. The highest BCUT2D eigenvalue weighted by atomic mass is 79.9. The number of benzene rings is 4. The van der Waals surface area contributed by atoms with Crippen molar-refractivity contribution in [2.75, 3.05) is 5.32 Å². The number of ether oxygens (including phenoxy) is 1. The van der Waals surface area contributed by atoms with Gasteiger partial charge in [0.15, 0.2) is 5.75 Å². The van der Waals surface area contributed by atoms with Crippen LogP contribution in [0.1, 0.15) is 15.9 Å². The van der Waals surface area contributed by atoms with Crippen LogP contribution in [-0.2, 0) is 0 Å². The van der Waals surface area contributed by atoms with Crippen molar-refractivity contribution in [2.45, 2.75) is 6.92 Å². The number of hydrogen-bond donors (Lipinski definition) is 2. The number of hydrogen-bond acceptors (Lipinski definition) is 3. The number of amides is 1. The van der Waals surface area contributed by atoms with Crippen molar-refractivity contribution in [2.24, 2.45) is 0 Å². The van der Waals surface area contributed by atoms with Gasteiger partial charge in [0, 0.05) is 10.4 Å². The van der Waals surface area contributed by atoms with Crippen molar-refractivity contribution in [1.29, 1.82) is 0 Å². The molecule has 0 spiro atoms. The van der Waals surface area contributed by atoms with E-state index < -0.39 is 5.91 Å². The molecule has 0 heterocycles. The van der Waals surface area contributed by atoms with E-state index in [1.165, 1.54) is 12.1 Å². The van der Waals surface area contributed by atoms with Gasteiger partial charge in [0.1, 0.15) is 11.5 Å². The summed E-state index contributed by atoms with van der Waals surface area (Å²) in [6.45, 7) is 1.90. The Morgan fingerprint density at radius 3 is 2.55 bits per heavy atom. The van der Waals surface area contributed by atoms with Gasteiger partial charge in [-0.1, -0.05) is 59.6 Å². The predicted octanol–water partition coefficient (Wildman–Crippen LogP) is 7.97. The van der Waals surface area contributed by atoms with Crippen LogP contribution in [0.4, 0.5) is 5.69 Å². The molecule has 0 atom stereocenters. The number of halogens is 3. The Balaban J connectivity index is 1.69.